The highest BCUT2D eigenvalue weighted by molar-refractivity contribution is 5.81. The zero-order valence-corrected chi connectivity index (χ0v) is 9.97. The summed E-state index contributed by atoms with van der Waals surface area (Å²) in [6.07, 6.45) is -3.04. The van der Waals surface area contributed by atoms with Crippen LogP contribution in [0.4, 0.5) is 0 Å². The molecule has 0 saturated carbocycles. The topological polar surface area (TPSA) is 116 Å². The molecule has 0 radical (unpaired) electrons. The Morgan fingerprint density at radius 2 is 1.83 bits per heavy atom. The highest BCUT2D eigenvalue weighted by Gasteiger charge is 2.42. The number of esters is 1. The van der Waals surface area contributed by atoms with Gasteiger partial charge in [0.1, 0.15) is 24.4 Å². The smallest absolute Gasteiger partial charge is 0.330 e. The fraction of sp³-hybridized carbons (Fsp3) is 0.727. The minimum atomic E-state index is -1.40. The third-order valence-corrected chi connectivity index (χ3v) is 2.81. The molecule has 0 bridgehead atoms. The van der Waals surface area contributed by atoms with Crippen molar-refractivity contribution in [2.24, 2.45) is 0 Å². The van der Waals surface area contributed by atoms with E-state index in [-0.39, 0.29) is 6.42 Å². The number of carbonyl (C=O) groups is 1. The lowest BCUT2D eigenvalue weighted by molar-refractivity contribution is -0.228. The second-order valence-electron chi connectivity index (χ2n) is 4.03. The van der Waals surface area contributed by atoms with Gasteiger partial charge in [0.15, 0.2) is 0 Å². The van der Waals surface area contributed by atoms with Gasteiger partial charge in [-0.05, 0) is 6.42 Å². The molecular formula is C11H18O7. The molecule has 5 atom stereocenters. The lowest BCUT2D eigenvalue weighted by Gasteiger charge is -2.39. The number of hydrogen-bond acceptors (Lipinski definition) is 7. The summed E-state index contributed by atoms with van der Waals surface area (Å²) in [7, 11) is 1.24. The van der Waals surface area contributed by atoms with Gasteiger partial charge < -0.3 is 29.9 Å². The molecule has 1 rings (SSSR count). The summed E-state index contributed by atoms with van der Waals surface area (Å²) in [6, 6.07) is 0. The molecule has 0 amide bonds. The van der Waals surface area contributed by atoms with Crippen LogP contribution in [0.2, 0.25) is 0 Å². The maximum atomic E-state index is 10.8. The summed E-state index contributed by atoms with van der Waals surface area (Å²) in [5, 5.41) is 37.7. The molecule has 0 unspecified atom stereocenters. The van der Waals surface area contributed by atoms with Gasteiger partial charge in [-0.25, -0.2) is 4.79 Å². The molecule has 0 spiro atoms. The number of carbonyl (C=O) groups excluding carboxylic acids is 1. The summed E-state index contributed by atoms with van der Waals surface area (Å²) in [4.78, 5) is 10.8. The van der Waals surface area contributed by atoms with E-state index in [9.17, 15) is 20.1 Å². The lowest BCUT2D eigenvalue weighted by Crippen LogP contribution is -2.58. The molecule has 7 heteroatoms. The molecule has 4 N–H and O–H groups in total. The Kier molecular flexibility index (Phi) is 5.70. The summed E-state index contributed by atoms with van der Waals surface area (Å²) in [5.41, 5.74) is 0. The number of hydrogen-bond donors (Lipinski definition) is 4. The van der Waals surface area contributed by atoms with Crippen molar-refractivity contribution in [2.75, 3.05) is 13.7 Å². The molecule has 1 fully saturated rings. The van der Waals surface area contributed by atoms with Gasteiger partial charge in [0, 0.05) is 6.08 Å². The Balaban J connectivity index is 2.59. The van der Waals surface area contributed by atoms with Crippen molar-refractivity contribution >= 4 is 5.97 Å². The van der Waals surface area contributed by atoms with Crippen molar-refractivity contribution in [1.82, 2.24) is 0 Å². The summed E-state index contributed by atoms with van der Waals surface area (Å²) in [6.45, 7) is -0.470. The SMILES string of the molecule is COC(=O)/C=C/C[C@@H]1O[C@H](CO)[C@H](O)[C@H](O)[C@H]1O. The largest absolute Gasteiger partial charge is 0.466 e. The monoisotopic (exact) mass is 262 g/mol. The quantitative estimate of drug-likeness (QED) is 0.340. The van der Waals surface area contributed by atoms with E-state index in [4.69, 9.17) is 9.84 Å². The normalized spacial score (nSPS) is 36.8. The highest BCUT2D eigenvalue weighted by Crippen LogP contribution is 2.23. The van der Waals surface area contributed by atoms with Crippen molar-refractivity contribution in [3.63, 3.8) is 0 Å². The van der Waals surface area contributed by atoms with Gasteiger partial charge in [-0.1, -0.05) is 6.08 Å². The van der Waals surface area contributed by atoms with E-state index >= 15 is 0 Å². The van der Waals surface area contributed by atoms with Crippen LogP contribution in [-0.4, -0.2) is 70.6 Å². The maximum Gasteiger partial charge on any atom is 0.330 e. The van der Waals surface area contributed by atoms with E-state index in [2.05, 4.69) is 4.74 Å². The molecule has 0 aromatic rings. The van der Waals surface area contributed by atoms with E-state index < -0.39 is 43.1 Å². The lowest BCUT2D eigenvalue weighted by atomic mass is 9.93. The van der Waals surface area contributed by atoms with E-state index in [1.165, 1.54) is 19.3 Å². The Bertz CT molecular complexity index is 302. The van der Waals surface area contributed by atoms with Gasteiger partial charge >= 0.3 is 5.97 Å². The molecule has 1 heterocycles. The van der Waals surface area contributed by atoms with Gasteiger partial charge in [-0.2, -0.15) is 0 Å². The van der Waals surface area contributed by atoms with E-state index in [1.54, 1.807) is 0 Å². The molecule has 1 aliphatic heterocycles. The maximum absolute atomic E-state index is 10.8. The van der Waals surface area contributed by atoms with Gasteiger partial charge in [0.25, 0.3) is 0 Å². The van der Waals surface area contributed by atoms with Crippen LogP contribution in [0.25, 0.3) is 0 Å². The van der Waals surface area contributed by atoms with Gasteiger partial charge in [-0.3, -0.25) is 0 Å². The predicted molar refractivity (Wildman–Crippen MR) is 59.5 cm³/mol. The van der Waals surface area contributed by atoms with E-state index in [1.807, 2.05) is 0 Å². The van der Waals surface area contributed by atoms with Gasteiger partial charge in [-0.15, -0.1) is 0 Å². The Labute approximate surface area is 104 Å². The zero-order chi connectivity index (χ0) is 13.7. The van der Waals surface area contributed by atoms with Crippen molar-refractivity contribution < 1.29 is 34.7 Å². The van der Waals surface area contributed by atoms with Crippen LogP contribution in [0.1, 0.15) is 6.42 Å². The van der Waals surface area contributed by atoms with Gasteiger partial charge in [0.05, 0.1) is 19.8 Å². The standard InChI is InChI=1S/C11H18O7/c1-17-8(13)4-2-3-6-9(14)11(16)10(15)7(5-12)18-6/h2,4,6-7,9-12,14-16H,3,5H2,1H3/b4-2+/t6-,7+,9-,10-,11+/m0/s1. The van der Waals surface area contributed by atoms with Gasteiger partial charge in [0.2, 0.25) is 0 Å². The molecule has 0 aromatic heterocycles. The number of aliphatic hydroxyl groups is 4. The van der Waals surface area contributed by atoms with E-state index in [0.717, 1.165) is 0 Å². The fourth-order valence-electron chi connectivity index (χ4n) is 1.74. The minimum absolute atomic E-state index is 0.149. The molecule has 18 heavy (non-hydrogen) atoms. The van der Waals surface area contributed by atoms with Crippen LogP contribution in [-0.2, 0) is 14.3 Å². The number of ether oxygens (including phenoxy) is 2. The molecule has 1 aliphatic rings. The average Bonchev–Trinajstić information content (AvgIpc) is 2.38. The average molecular weight is 262 g/mol. The van der Waals surface area contributed by atoms with Crippen molar-refractivity contribution in [3.05, 3.63) is 12.2 Å². The second-order valence-corrected chi connectivity index (χ2v) is 4.03. The van der Waals surface area contributed by atoms with Crippen molar-refractivity contribution in [1.29, 1.82) is 0 Å². The van der Waals surface area contributed by atoms with Crippen LogP contribution in [0.15, 0.2) is 12.2 Å². The molecule has 7 nitrogen and oxygen atoms in total. The molecule has 0 aliphatic carbocycles. The highest BCUT2D eigenvalue weighted by atomic mass is 16.5. The predicted octanol–water partition coefficient (Wildman–Crippen LogP) is -2.05. The van der Waals surface area contributed by atoms with Crippen molar-refractivity contribution in [3.8, 4) is 0 Å². The zero-order valence-electron chi connectivity index (χ0n) is 9.97. The fourth-order valence-corrected chi connectivity index (χ4v) is 1.74. The minimum Gasteiger partial charge on any atom is -0.466 e. The summed E-state index contributed by atoms with van der Waals surface area (Å²) < 4.78 is 9.62. The van der Waals surface area contributed by atoms with Crippen molar-refractivity contribution in [2.45, 2.75) is 36.9 Å². The number of aliphatic hydroxyl groups excluding tert-OH is 4. The van der Waals surface area contributed by atoms with Crippen LogP contribution >= 0.6 is 0 Å². The Morgan fingerprint density at radius 1 is 1.22 bits per heavy atom. The first-order valence-electron chi connectivity index (χ1n) is 5.56. The summed E-state index contributed by atoms with van der Waals surface area (Å²) >= 11 is 0. The first-order valence-corrected chi connectivity index (χ1v) is 5.56. The molecule has 1 saturated heterocycles. The Morgan fingerprint density at radius 3 is 2.39 bits per heavy atom. The Hall–Kier alpha value is -0.990. The van der Waals surface area contributed by atoms with Crippen LogP contribution in [0.5, 0.6) is 0 Å². The molecule has 0 aromatic carbocycles. The van der Waals surface area contributed by atoms with E-state index in [0.29, 0.717) is 0 Å². The number of methoxy groups -OCH3 is 1. The molecule has 104 valence electrons. The number of rotatable bonds is 4. The van der Waals surface area contributed by atoms with Crippen LogP contribution in [0, 0.1) is 0 Å². The first kappa shape index (κ1) is 15.1. The second kappa shape index (κ2) is 6.81. The third-order valence-electron chi connectivity index (χ3n) is 2.81. The third kappa shape index (κ3) is 3.50. The van der Waals surface area contributed by atoms with Crippen LogP contribution in [0.3, 0.4) is 0 Å². The summed E-state index contributed by atoms with van der Waals surface area (Å²) in [5.74, 6) is -0.542. The molecular weight excluding hydrogens is 244 g/mol. The van der Waals surface area contributed by atoms with Crippen LogP contribution < -0.4 is 0 Å². The first-order chi connectivity index (χ1) is 8.51.